The van der Waals surface area contributed by atoms with Gasteiger partial charge in [-0.1, -0.05) is 35.5 Å². The smallest absolute Gasteiger partial charge is 0.246 e. The normalized spacial score (nSPS) is 16.0. The Morgan fingerprint density at radius 3 is 2.53 bits per heavy atom. The third-order valence-corrected chi connectivity index (χ3v) is 4.02. The molecule has 0 aromatic heterocycles. The molecule has 1 aromatic carbocycles. The van der Waals surface area contributed by atoms with Gasteiger partial charge < -0.3 is 9.73 Å². The van der Waals surface area contributed by atoms with Gasteiger partial charge in [0, 0.05) is 20.2 Å². The van der Waals surface area contributed by atoms with Crippen molar-refractivity contribution < 1.29 is 14.3 Å². The molecule has 1 aromatic rings. The van der Waals surface area contributed by atoms with Crippen LogP contribution in [0, 0.1) is 0 Å². The summed E-state index contributed by atoms with van der Waals surface area (Å²) in [4.78, 5) is 0. The van der Waals surface area contributed by atoms with Gasteiger partial charge in [0.2, 0.25) is 7.37 Å². The van der Waals surface area contributed by atoms with Crippen LogP contribution in [0.15, 0.2) is 35.5 Å². The Balaban J connectivity index is 2.86. The summed E-state index contributed by atoms with van der Waals surface area (Å²) in [6.07, 6.45) is 0.332. The molecule has 1 unspecified atom stereocenters. The van der Waals surface area contributed by atoms with Crippen LogP contribution in [-0.2, 0) is 15.5 Å². The van der Waals surface area contributed by atoms with E-state index in [4.69, 9.17) is 9.73 Å². The third-order valence-electron chi connectivity index (χ3n) is 2.14. The zero-order chi connectivity index (χ0) is 11.3. The van der Waals surface area contributed by atoms with Crippen LogP contribution in [-0.4, -0.2) is 24.4 Å². The van der Waals surface area contributed by atoms with E-state index in [0.717, 1.165) is 5.56 Å². The predicted octanol–water partition coefficient (Wildman–Crippen LogP) is 2.57. The molecule has 5 heteroatoms. The van der Waals surface area contributed by atoms with Gasteiger partial charge in [0.05, 0.1) is 0 Å². The Morgan fingerprint density at radius 2 is 2.07 bits per heavy atom. The zero-order valence-electron chi connectivity index (χ0n) is 8.75. The van der Waals surface area contributed by atoms with Crippen molar-refractivity contribution in [3.05, 3.63) is 35.9 Å². The Hall–Kier alpha value is -1.12. The van der Waals surface area contributed by atoms with Crippen LogP contribution < -0.4 is 0 Å². The van der Waals surface area contributed by atoms with Crippen molar-refractivity contribution in [1.82, 2.24) is 0 Å². The summed E-state index contributed by atoms with van der Waals surface area (Å²) < 4.78 is 16.6. The third kappa shape index (κ3) is 3.18. The highest BCUT2D eigenvalue weighted by Gasteiger charge is 2.23. The van der Waals surface area contributed by atoms with E-state index in [2.05, 4.69) is 5.16 Å². The van der Waals surface area contributed by atoms with E-state index in [1.54, 1.807) is 0 Å². The molecule has 4 nitrogen and oxygen atoms in total. The van der Waals surface area contributed by atoms with Crippen LogP contribution in [0.3, 0.4) is 0 Å². The largest absolute Gasteiger partial charge is 0.410 e. The average molecular weight is 227 g/mol. The van der Waals surface area contributed by atoms with E-state index in [0.29, 0.717) is 6.42 Å². The SMILES string of the molecule is COP(C)(=O)/C(Cc1ccccc1)=N\O. The van der Waals surface area contributed by atoms with Crippen molar-refractivity contribution in [2.45, 2.75) is 6.42 Å². The first kappa shape index (κ1) is 12.0. The fourth-order valence-corrected chi connectivity index (χ4v) is 1.99. The maximum Gasteiger partial charge on any atom is 0.246 e. The summed E-state index contributed by atoms with van der Waals surface area (Å²) in [7, 11) is -1.60. The summed E-state index contributed by atoms with van der Waals surface area (Å²) in [5.74, 6) is 0. The monoisotopic (exact) mass is 227 g/mol. The molecule has 0 fully saturated rings. The quantitative estimate of drug-likeness (QED) is 0.372. The standard InChI is InChI=1S/C10H14NO3P/c1-14-15(2,13)10(11-12)8-9-6-4-3-5-7-9/h3-7,12H,8H2,1-2H3/b11-10-. The molecule has 0 spiro atoms. The van der Waals surface area contributed by atoms with Gasteiger partial charge in [-0.3, -0.25) is 4.57 Å². The molecule has 0 saturated heterocycles. The Labute approximate surface area is 89.0 Å². The van der Waals surface area contributed by atoms with Gasteiger partial charge in [0.1, 0.15) is 5.45 Å². The minimum atomic E-state index is -2.95. The molecule has 1 rings (SSSR count). The van der Waals surface area contributed by atoms with Crippen molar-refractivity contribution in [2.24, 2.45) is 5.16 Å². The van der Waals surface area contributed by atoms with E-state index in [1.807, 2.05) is 30.3 Å². The highest BCUT2D eigenvalue weighted by molar-refractivity contribution is 7.75. The van der Waals surface area contributed by atoms with Crippen molar-refractivity contribution in [3.8, 4) is 0 Å². The second-order valence-corrected chi connectivity index (χ2v) is 5.78. The lowest BCUT2D eigenvalue weighted by Crippen LogP contribution is -2.05. The first-order chi connectivity index (χ1) is 7.10. The summed E-state index contributed by atoms with van der Waals surface area (Å²) in [6, 6.07) is 9.39. The molecular formula is C10H14NO3P. The molecule has 0 radical (unpaired) electrons. The molecule has 0 heterocycles. The highest BCUT2D eigenvalue weighted by Crippen LogP contribution is 2.44. The Morgan fingerprint density at radius 1 is 1.47 bits per heavy atom. The molecule has 82 valence electrons. The molecular weight excluding hydrogens is 213 g/mol. The minimum absolute atomic E-state index is 0.177. The van der Waals surface area contributed by atoms with Crippen molar-refractivity contribution >= 4 is 12.8 Å². The van der Waals surface area contributed by atoms with Gasteiger partial charge in [0.25, 0.3) is 0 Å². The zero-order valence-corrected chi connectivity index (χ0v) is 9.65. The van der Waals surface area contributed by atoms with Crippen LogP contribution in [0.2, 0.25) is 0 Å². The van der Waals surface area contributed by atoms with Gasteiger partial charge in [-0.25, -0.2) is 0 Å². The van der Waals surface area contributed by atoms with Crippen LogP contribution in [0.4, 0.5) is 0 Å². The fraction of sp³-hybridized carbons (Fsp3) is 0.300. The summed E-state index contributed by atoms with van der Waals surface area (Å²) in [5, 5.41) is 11.8. The molecule has 0 aliphatic rings. The van der Waals surface area contributed by atoms with E-state index in [9.17, 15) is 4.57 Å². The van der Waals surface area contributed by atoms with Gasteiger partial charge in [0.15, 0.2) is 0 Å². The molecule has 0 aliphatic carbocycles. The number of benzene rings is 1. The maximum atomic E-state index is 11.8. The topological polar surface area (TPSA) is 58.9 Å². The van der Waals surface area contributed by atoms with Crippen LogP contribution in [0.25, 0.3) is 0 Å². The number of hydrogen-bond acceptors (Lipinski definition) is 4. The van der Waals surface area contributed by atoms with E-state index in [-0.39, 0.29) is 5.45 Å². The van der Waals surface area contributed by atoms with Gasteiger partial charge >= 0.3 is 0 Å². The number of nitrogens with zero attached hydrogens (tertiary/aromatic N) is 1. The summed E-state index contributed by atoms with van der Waals surface area (Å²) in [5.41, 5.74) is 1.11. The maximum absolute atomic E-state index is 11.8. The number of rotatable bonds is 4. The first-order valence-electron chi connectivity index (χ1n) is 4.49. The Bertz CT molecular complexity index is 389. The van der Waals surface area contributed by atoms with Crippen LogP contribution in [0.5, 0.6) is 0 Å². The van der Waals surface area contributed by atoms with Crippen LogP contribution >= 0.6 is 7.37 Å². The van der Waals surface area contributed by atoms with Gasteiger partial charge in [-0.05, 0) is 5.56 Å². The lowest BCUT2D eigenvalue weighted by atomic mass is 10.2. The number of oxime groups is 1. The highest BCUT2D eigenvalue weighted by atomic mass is 31.2. The molecule has 1 atom stereocenters. The van der Waals surface area contributed by atoms with Crippen molar-refractivity contribution in [1.29, 1.82) is 0 Å². The van der Waals surface area contributed by atoms with Crippen LogP contribution in [0.1, 0.15) is 5.56 Å². The molecule has 1 N–H and O–H groups in total. The second-order valence-electron chi connectivity index (χ2n) is 3.21. The van der Waals surface area contributed by atoms with Crippen molar-refractivity contribution in [2.75, 3.05) is 13.8 Å². The predicted molar refractivity (Wildman–Crippen MR) is 59.9 cm³/mol. The lowest BCUT2D eigenvalue weighted by molar-refractivity contribution is 0.317. The second kappa shape index (κ2) is 5.10. The first-order valence-corrected chi connectivity index (χ1v) is 6.56. The molecule has 0 aliphatic heterocycles. The van der Waals surface area contributed by atoms with E-state index < -0.39 is 7.37 Å². The fourth-order valence-electron chi connectivity index (χ4n) is 1.14. The Kier molecular flexibility index (Phi) is 4.06. The van der Waals surface area contributed by atoms with Gasteiger partial charge in [-0.2, -0.15) is 0 Å². The molecule has 0 bridgehead atoms. The molecule has 0 saturated carbocycles. The molecule has 15 heavy (non-hydrogen) atoms. The summed E-state index contributed by atoms with van der Waals surface area (Å²) >= 11 is 0. The van der Waals surface area contributed by atoms with E-state index >= 15 is 0 Å². The average Bonchev–Trinajstić information content (AvgIpc) is 2.27. The van der Waals surface area contributed by atoms with E-state index in [1.165, 1.54) is 13.8 Å². The van der Waals surface area contributed by atoms with Crippen molar-refractivity contribution in [3.63, 3.8) is 0 Å². The number of hydrogen-bond donors (Lipinski definition) is 1. The molecule has 0 amide bonds. The minimum Gasteiger partial charge on any atom is -0.410 e. The van der Waals surface area contributed by atoms with Gasteiger partial charge in [-0.15, -0.1) is 0 Å². The lowest BCUT2D eigenvalue weighted by Gasteiger charge is -2.11. The summed E-state index contributed by atoms with van der Waals surface area (Å²) in [6.45, 7) is 1.44.